The summed E-state index contributed by atoms with van der Waals surface area (Å²) in [6.07, 6.45) is 2.10. The molecular formula is C31H39N3O5S. The number of ether oxygens (including phenoxy) is 1. The van der Waals surface area contributed by atoms with Crippen molar-refractivity contribution in [2.45, 2.75) is 46.2 Å². The third-order valence-corrected chi connectivity index (χ3v) is 7.79. The molecule has 3 aromatic rings. The van der Waals surface area contributed by atoms with E-state index in [-0.39, 0.29) is 18.9 Å². The molecule has 0 bridgehead atoms. The van der Waals surface area contributed by atoms with Crippen LogP contribution in [-0.2, 0) is 32.6 Å². The second-order valence-corrected chi connectivity index (χ2v) is 11.8. The van der Waals surface area contributed by atoms with Gasteiger partial charge in [0.15, 0.2) is 0 Å². The summed E-state index contributed by atoms with van der Waals surface area (Å²) in [4.78, 5) is 29.2. The zero-order valence-corrected chi connectivity index (χ0v) is 24.7. The summed E-state index contributed by atoms with van der Waals surface area (Å²) >= 11 is 0. The normalized spacial score (nSPS) is 11.9. The molecule has 0 radical (unpaired) electrons. The number of methoxy groups -OCH3 is 1. The molecule has 8 nitrogen and oxygen atoms in total. The van der Waals surface area contributed by atoms with Crippen molar-refractivity contribution in [2.24, 2.45) is 0 Å². The van der Waals surface area contributed by atoms with Gasteiger partial charge in [-0.2, -0.15) is 0 Å². The number of benzene rings is 3. The molecule has 0 saturated carbocycles. The van der Waals surface area contributed by atoms with Gasteiger partial charge in [-0.25, -0.2) is 8.42 Å². The number of sulfonamides is 1. The summed E-state index contributed by atoms with van der Waals surface area (Å²) in [7, 11) is -2.27. The third-order valence-electron chi connectivity index (χ3n) is 6.68. The van der Waals surface area contributed by atoms with Gasteiger partial charge in [0.25, 0.3) is 0 Å². The number of para-hydroxylation sites is 1. The number of amides is 2. The van der Waals surface area contributed by atoms with Gasteiger partial charge in [0.05, 0.1) is 19.1 Å². The number of carbonyl (C=O) groups excluding carboxylic acids is 2. The lowest BCUT2D eigenvalue weighted by molar-refractivity contribution is -0.140. The Kier molecular flexibility index (Phi) is 10.7. The Balaban J connectivity index is 2.09. The number of rotatable bonds is 13. The molecule has 0 aliphatic carbocycles. The number of anilines is 1. The van der Waals surface area contributed by atoms with Crippen molar-refractivity contribution >= 4 is 27.5 Å². The van der Waals surface area contributed by atoms with E-state index in [4.69, 9.17) is 4.74 Å². The van der Waals surface area contributed by atoms with Crippen LogP contribution in [0.1, 0.15) is 35.6 Å². The van der Waals surface area contributed by atoms with Crippen molar-refractivity contribution in [3.63, 3.8) is 0 Å². The van der Waals surface area contributed by atoms with Gasteiger partial charge in [-0.15, -0.1) is 0 Å². The lowest BCUT2D eigenvalue weighted by atomic mass is 10.0. The minimum absolute atomic E-state index is 0.0947. The Morgan fingerprint density at radius 2 is 1.55 bits per heavy atom. The summed E-state index contributed by atoms with van der Waals surface area (Å²) in [6.45, 7) is 5.70. The molecule has 3 rings (SSSR count). The highest BCUT2D eigenvalue weighted by molar-refractivity contribution is 7.92. The van der Waals surface area contributed by atoms with E-state index in [2.05, 4.69) is 5.32 Å². The fourth-order valence-corrected chi connectivity index (χ4v) is 5.63. The number of carbonyl (C=O) groups is 2. The Morgan fingerprint density at radius 3 is 2.15 bits per heavy atom. The Bertz CT molecular complexity index is 1390. The molecule has 40 heavy (non-hydrogen) atoms. The molecule has 214 valence electrons. The lowest BCUT2D eigenvalue weighted by Crippen LogP contribution is -2.53. The van der Waals surface area contributed by atoms with Gasteiger partial charge in [-0.3, -0.25) is 13.9 Å². The van der Waals surface area contributed by atoms with Gasteiger partial charge >= 0.3 is 0 Å². The minimum Gasteiger partial charge on any atom is -0.497 e. The van der Waals surface area contributed by atoms with E-state index in [1.165, 1.54) is 4.90 Å². The summed E-state index contributed by atoms with van der Waals surface area (Å²) < 4.78 is 32.6. The summed E-state index contributed by atoms with van der Waals surface area (Å²) in [6, 6.07) is 21.4. The minimum atomic E-state index is -3.83. The SMILES string of the molecule is CCCNC(=O)[C@H](Cc1ccccc1)N(Cc1cccc(OC)c1)C(=O)CN(c1c(C)cccc1C)S(C)(=O)=O. The number of hydrogen-bond acceptors (Lipinski definition) is 5. The van der Waals surface area contributed by atoms with Crippen LogP contribution >= 0.6 is 0 Å². The molecule has 0 aromatic heterocycles. The van der Waals surface area contributed by atoms with Crippen molar-refractivity contribution in [2.75, 3.05) is 30.8 Å². The summed E-state index contributed by atoms with van der Waals surface area (Å²) in [5.41, 5.74) is 3.58. The molecular weight excluding hydrogens is 526 g/mol. The largest absolute Gasteiger partial charge is 0.497 e. The predicted octanol–water partition coefficient (Wildman–Crippen LogP) is 4.24. The summed E-state index contributed by atoms with van der Waals surface area (Å²) in [5, 5.41) is 2.94. The van der Waals surface area contributed by atoms with E-state index in [9.17, 15) is 18.0 Å². The standard InChI is InChI=1S/C31H39N3O5S/c1-6-18-32-31(36)28(20-25-14-8-7-9-15-25)33(21-26-16-11-17-27(19-26)39-4)29(35)22-34(40(5,37)38)30-23(2)12-10-13-24(30)3/h7-17,19,28H,6,18,20-22H2,1-5H3,(H,32,36)/t28-/m0/s1. The molecule has 0 unspecified atom stereocenters. The number of nitrogens with one attached hydrogen (secondary N) is 1. The fraction of sp³-hybridized carbons (Fsp3) is 0.355. The first-order valence-corrected chi connectivity index (χ1v) is 15.2. The second-order valence-electron chi connectivity index (χ2n) is 9.88. The first kappa shape index (κ1) is 30.7. The van der Waals surface area contributed by atoms with Crippen molar-refractivity contribution in [1.29, 1.82) is 0 Å². The van der Waals surface area contributed by atoms with E-state index in [1.54, 1.807) is 13.2 Å². The maximum Gasteiger partial charge on any atom is 0.244 e. The van der Waals surface area contributed by atoms with Gasteiger partial charge in [-0.1, -0.05) is 67.6 Å². The van der Waals surface area contributed by atoms with Crippen LogP contribution in [-0.4, -0.2) is 57.6 Å². The van der Waals surface area contributed by atoms with Crippen LogP contribution in [0, 0.1) is 13.8 Å². The smallest absolute Gasteiger partial charge is 0.244 e. The van der Waals surface area contributed by atoms with Gasteiger partial charge in [0.1, 0.15) is 18.3 Å². The number of hydrogen-bond donors (Lipinski definition) is 1. The molecule has 1 N–H and O–H groups in total. The molecule has 9 heteroatoms. The van der Waals surface area contributed by atoms with Gasteiger partial charge < -0.3 is 15.0 Å². The van der Waals surface area contributed by atoms with Crippen LogP contribution in [0.4, 0.5) is 5.69 Å². The molecule has 0 spiro atoms. The molecule has 2 amide bonds. The average Bonchev–Trinajstić information content (AvgIpc) is 2.93. The predicted molar refractivity (Wildman–Crippen MR) is 159 cm³/mol. The summed E-state index contributed by atoms with van der Waals surface area (Å²) in [5.74, 6) is -0.156. The van der Waals surface area contributed by atoms with E-state index in [0.717, 1.165) is 39.2 Å². The molecule has 1 atom stereocenters. The van der Waals surface area contributed by atoms with E-state index in [0.29, 0.717) is 18.0 Å². The number of nitrogens with zero attached hydrogens (tertiary/aromatic N) is 2. The quantitative estimate of drug-likeness (QED) is 0.334. The van der Waals surface area contributed by atoms with Crippen LogP contribution in [0.3, 0.4) is 0 Å². The van der Waals surface area contributed by atoms with Crippen molar-refractivity contribution in [3.05, 3.63) is 95.1 Å². The molecule has 0 aliphatic heterocycles. The van der Waals surface area contributed by atoms with Crippen molar-refractivity contribution in [1.82, 2.24) is 10.2 Å². The highest BCUT2D eigenvalue weighted by atomic mass is 32.2. The first-order chi connectivity index (χ1) is 19.0. The molecule has 3 aromatic carbocycles. The van der Waals surface area contributed by atoms with Crippen LogP contribution in [0.25, 0.3) is 0 Å². The highest BCUT2D eigenvalue weighted by Crippen LogP contribution is 2.27. The van der Waals surface area contributed by atoms with Gasteiger partial charge in [-0.05, 0) is 54.7 Å². The first-order valence-electron chi connectivity index (χ1n) is 13.3. The topological polar surface area (TPSA) is 96.0 Å². The van der Waals surface area contributed by atoms with Crippen molar-refractivity contribution < 1.29 is 22.7 Å². The zero-order chi connectivity index (χ0) is 29.3. The molecule has 0 aliphatic rings. The van der Waals surface area contributed by atoms with Crippen molar-refractivity contribution in [3.8, 4) is 5.75 Å². The third kappa shape index (κ3) is 8.08. The van der Waals surface area contributed by atoms with Gasteiger partial charge in [0.2, 0.25) is 21.8 Å². The van der Waals surface area contributed by atoms with E-state index < -0.39 is 28.5 Å². The zero-order valence-electron chi connectivity index (χ0n) is 23.9. The average molecular weight is 566 g/mol. The maximum absolute atomic E-state index is 14.2. The van der Waals surface area contributed by atoms with Gasteiger partial charge in [0, 0.05) is 19.5 Å². The highest BCUT2D eigenvalue weighted by Gasteiger charge is 2.33. The van der Waals surface area contributed by atoms with Crippen LogP contribution < -0.4 is 14.4 Å². The number of aryl methyl sites for hydroxylation is 2. The molecule has 0 heterocycles. The maximum atomic E-state index is 14.2. The Morgan fingerprint density at radius 1 is 0.925 bits per heavy atom. The molecule has 0 fully saturated rings. The lowest BCUT2D eigenvalue weighted by Gasteiger charge is -2.34. The Labute approximate surface area is 238 Å². The van der Waals surface area contributed by atoms with Crippen LogP contribution in [0.15, 0.2) is 72.8 Å². The van der Waals surface area contributed by atoms with Crippen LogP contribution in [0.2, 0.25) is 0 Å². The van der Waals surface area contributed by atoms with E-state index >= 15 is 0 Å². The monoisotopic (exact) mass is 565 g/mol. The van der Waals surface area contributed by atoms with Crippen LogP contribution in [0.5, 0.6) is 5.75 Å². The van der Waals surface area contributed by atoms with E-state index in [1.807, 2.05) is 87.5 Å². The Hall–Kier alpha value is -3.85. The second kappa shape index (κ2) is 14.0. The fourth-order valence-electron chi connectivity index (χ4n) is 4.66. The molecule has 0 saturated heterocycles.